The molecule has 0 aliphatic rings. The Bertz CT molecular complexity index is 612. The second-order valence-corrected chi connectivity index (χ2v) is 5.73. The van der Waals surface area contributed by atoms with Crippen LogP contribution in [0, 0.1) is 0 Å². The molecule has 1 atom stereocenters. The maximum absolute atomic E-state index is 10.6. The van der Waals surface area contributed by atoms with Crippen molar-refractivity contribution in [3.8, 4) is 0 Å². The van der Waals surface area contributed by atoms with E-state index in [1.54, 1.807) is 0 Å². The highest BCUT2D eigenvalue weighted by Crippen LogP contribution is 2.07. The molecule has 0 saturated heterocycles. The molecule has 0 bridgehead atoms. The SMILES string of the molecule is O=S([O-])OOS(=O)(=O)OOS(=O)(=O)OOS(=O)(=O)OO. The van der Waals surface area contributed by atoms with Crippen molar-refractivity contribution in [1.82, 2.24) is 0 Å². The molecule has 0 radical (unpaired) electrons. The molecule has 0 rings (SSSR count). The van der Waals surface area contributed by atoms with Gasteiger partial charge in [-0.3, -0.25) is 0 Å². The molecule has 0 aromatic rings. The van der Waals surface area contributed by atoms with E-state index >= 15 is 0 Å². The maximum atomic E-state index is 10.6. The van der Waals surface area contributed by atoms with E-state index in [4.69, 9.17) is 5.26 Å². The van der Waals surface area contributed by atoms with Crippen molar-refractivity contribution >= 4 is 42.6 Å². The molecule has 16 nitrogen and oxygen atoms in total. The van der Waals surface area contributed by atoms with Gasteiger partial charge in [-0.25, -0.2) is 9.47 Å². The Hall–Kier alpha value is -0.360. The third-order valence-electron chi connectivity index (χ3n) is 0.647. The van der Waals surface area contributed by atoms with Crippen LogP contribution in [0.4, 0.5) is 0 Å². The van der Waals surface area contributed by atoms with Gasteiger partial charge >= 0.3 is 31.2 Å². The summed E-state index contributed by atoms with van der Waals surface area (Å²) in [5.41, 5.74) is 0. The van der Waals surface area contributed by atoms with E-state index in [-0.39, 0.29) is 0 Å². The van der Waals surface area contributed by atoms with E-state index in [0.29, 0.717) is 0 Å². The van der Waals surface area contributed by atoms with Crippen molar-refractivity contribution in [3.05, 3.63) is 0 Å². The molecule has 0 aromatic carbocycles. The van der Waals surface area contributed by atoms with Crippen LogP contribution in [-0.4, -0.2) is 39.3 Å². The number of hydrogen-bond donors (Lipinski definition) is 1. The van der Waals surface area contributed by atoms with Crippen molar-refractivity contribution < 1.29 is 69.6 Å². The summed E-state index contributed by atoms with van der Waals surface area (Å²) in [5, 5.41) is 7.62. The van der Waals surface area contributed by atoms with Gasteiger partial charge in [-0.1, -0.05) is 26.0 Å². The van der Waals surface area contributed by atoms with Gasteiger partial charge in [0.05, 0.1) is 0 Å². The van der Waals surface area contributed by atoms with Crippen LogP contribution in [0.3, 0.4) is 0 Å². The minimum absolute atomic E-state index is 2.58. The van der Waals surface area contributed by atoms with E-state index in [1.807, 2.05) is 0 Å². The fraction of sp³-hybridized carbons (Fsp3) is 0. The van der Waals surface area contributed by atoms with Crippen molar-refractivity contribution in [2.75, 3.05) is 0 Å². The predicted molar refractivity (Wildman–Crippen MR) is 45.9 cm³/mol. The van der Waals surface area contributed by atoms with E-state index in [1.165, 1.54) is 0 Å². The molecule has 0 spiro atoms. The van der Waals surface area contributed by atoms with Crippen molar-refractivity contribution in [2.24, 2.45) is 0 Å². The maximum Gasteiger partial charge on any atom is 0.455 e. The Kier molecular flexibility index (Phi) is 7.46. The molecule has 1 unspecified atom stereocenters. The first-order valence-corrected chi connectivity index (χ1v) is 8.18. The van der Waals surface area contributed by atoms with E-state index in [2.05, 4.69) is 30.3 Å². The zero-order valence-corrected chi connectivity index (χ0v) is 11.5. The molecule has 0 fully saturated rings. The lowest BCUT2D eigenvalue weighted by molar-refractivity contribution is -0.204. The lowest BCUT2D eigenvalue weighted by Crippen LogP contribution is -2.19. The summed E-state index contributed by atoms with van der Waals surface area (Å²) in [7, 11) is -16.3. The van der Waals surface area contributed by atoms with E-state index < -0.39 is 42.6 Å². The summed E-state index contributed by atoms with van der Waals surface area (Å²) in [6, 6.07) is 0. The Morgan fingerprint density at radius 2 is 1.10 bits per heavy atom. The highest BCUT2D eigenvalue weighted by atomic mass is 32.3. The molecule has 20 heavy (non-hydrogen) atoms. The molecule has 122 valence electrons. The van der Waals surface area contributed by atoms with Gasteiger partial charge in [0.15, 0.2) is 0 Å². The summed E-state index contributed by atoms with van der Waals surface area (Å²) >= 11 is -3.47. The van der Waals surface area contributed by atoms with Gasteiger partial charge in [0.1, 0.15) is 11.4 Å². The van der Waals surface area contributed by atoms with E-state index in [9.17, 15) is 34.0 Å². The standard InChI is InChI=1S/H2O16S4/c1-10-18(4,5)13-14-20(8,9)16-15-19(6,7)12-11-17(2)3/h1H,(H,2,3)/p-1. The van der Waals surface area contributed by atoms with Gasteiger partial charge in [0, 0.05) is 0 Å². The molecule has 0 amide bonds. The fourth-order valence-corrected chi connectivity index (χ4v) is 1.84. The topological polar surface area (TPSA) is 227 Å². The number of hydrogen-bond acceptors (Lipinski definition) is 16. The Morgan fingerprint density at radius 1 is 0.750 bits per heavy atom. The molecule has 1 N–H and O–H groups in total. The summed E-state index contributed by atoms with van der Waals surface area (Å²) in [5.74, 6) is 0. The first kappa shape index (κ1) is 19.6. The van der Waals surface area contributed by atoms with Crippen molar-refractivity contribution in [1.29, 1.82) is 0 Å². The van der Waals surface area contributed by atoms with Crippen LogP contribution in [0.1, 0.15) is 0 Å². The van der Waals surface area contributed by atoms with Crippen LogP contribution < -0.4 is 0 Å². The molecular weight excluding hydrogens is 384 g/mol. The zero-order chi connectivity index (χ0) is 16.0. The van der Waals surface area contributed by atoms with Crippen LogP contribution in [0.5, 0.6) is 0 Å². The lowest BCUT2D eigenvalue weighted by Gasteiger charge is -2.04. The van der Waals surface area contributed by atoms with Gasteiger partial charge in [-0.2, -0.15) is 25.3 Å². The first-order valence-electron chi connectivity index (χ1n) is 3.18. The van der Waals surface area contributed by atoms with Crippen LogP contribution >= 0.6 is 0 Å². The number of rotatable bonds is 10. The predicted octanol–water partition coefficient (Wildman–Crippen LogP) is -3.15. The van der Waals surface area contributed by atoms with Gasteiger partial charge in [0.25, 0.3) is 0 Å². The summed E-state index contributed by atoms with van der Waals surface area (Å²) in [4.78, 5) is 0. The molecule has 0 saturated carbocycles. The monoisotopic (exact) mass is 385 g/mol. The molecule has 0 heterocycles. The van der Waals surface area contributed by atoms with Crippen LogP contribution in [0.2, 0.25) is 0 Å². The molecule has 0 aliphatic heterocycles. The van der Waals surface area contributed by atoms with Gasteiger partial charge in [-0.05, 0) is 0 Å². The lowest BCUT2D eigenvalue weighted by atomic mass is 14.9. The minimum Gasteiger partial charge on any atom is -0.747 e. The van der Waals surface area contributed by atoms with Crippen molar-refractivity contribution in [3.63, 3.8) is 0 Å². The Balaban J connectivity index is 4.46. The summed E-state index contributed by atoms with van der Waals surface area (Å²) in [6.45, 7) is 0. The average molecular weight is 385 g/mol. The third-order valence-corrected chi connectivity index (χ3v) is 2.44. The first-order chi connectivity index (χ1) is 8.89. The molecule has 0 aliphatic carbocycles. The highest BCUT2D eigenvalue weighted by Gasteiger charge is 2.27. The Labute approximate surface area is 112 Å². The highest BCUT2D eigenvalue weighted by molar-refractivity contribution is 7.85. The second-order valence-electron chi connectivity index (χ2n) is 1.91. The summed E-state index contributed by atoms with van der Waals surface area (Å²) in [6.07, 6.45) is 0. The molecule has 20 heteroatoms. The molecular formula is HO16S4-. The van der Waals surface area contributed by atoms with Crippen LogP contribution in [-0.2, 0) is 72.9 Å². The van der Waals surface area contributed by atoms with Gasteiger partial charge < -0.3 is 4.55 Å². The summed E-state index contributed by atoms with van der Waals surface area (Å²) < 4.78 is 103. The van der Waals surface area contributed by atoms with Gasteiger partial charge in [0.2, 0.25) is 0 Å². The normalized spacial score (nSPS) is 15.1. The zero-order valence-electron chi connectivity index (χ0n) is 8.20. The second kappa shape index (κ2) is 7.59. The van der Waals surface area contributed by atoms with Crippen LogP contribution in [0.25, 0.3) is 0 Å². The Morgan fingerprint density at radius 3 is 1.45 bits per heavy atom. The van der Waals surface area contributed by atoms with Crippen molar-refractivity contribution in [2.45, 2.75) is 0 Å². The van der Waals surface area contributed by atoms with Crippen LogP contribution in [0.15, 0.2) is 0 Å². The quantitative estimate of drug-likeness (QED) is 0.222. The smallest absolute Gasteiger partial charge is 0.455 e. The third kappa shape index (κ3) is 9.53. The molecule has 0 aromatic heterocycles. The van der Waals surface area contributed by atoms with E-state index in [0.717, 1.165) is 0 Å². The minimum atomic E-state index is -5.58. The average Bonchev–Trinajstić information content (AvgIpc) is 2.33. The fourth-order valence-electron chi connectivity index (χ4n) is 0.228. The largest absolute Gasteiger partial charge is 0.747 e. The van der Waals surface area contributed by atoms with Gasteiger partial charge in [-0.15, -0.1) is 4.33 Å².